The molecule has 3 fully saturated rings. The van der Waals surface area contributed by atoms with Crippen molar-refractivity contribution in [1.82, 2.24) is 14.9 Å². The zero-order chi connectivity index (χ0) is 22.8. The van der Waals surface area contributed by atoms with E-state index in [1.807, 2.05) is 12.1 Å². The number of nitrogens with one attached hydrogen (secondary N) is 1. The third kappa shape index (κ3) is 5.02. The molecule has 3 aliphatic heterocycles. The van der Waals surface area contributed by atoms with Crippen molar-refractivity contribution in [2.75, 3.05) is 50.0 Å². The summed E-state index contributed by atoms with van der Waals surface area (Å²) in [6, 6.07) is 7.49. The molecule has 176 valence electrons. The van der Waals surface area contributed by atoms with Crippen LogP contribution in [0.1, 0.15) is 45.1 Å². The topological polar surface area (TPSA) is 68.4 Å². The summed E-state index contributed by atoms with van der Waals surface area (Å²) in [7, 11) is 1.79. The van der Waals surface area contributed by atoms with Crippen molar-refractivity contribution in [1.29, 1.82) is 0 Å². The zero-order valence-electron chi connectivity index (χ0n) is 19.8. The molecule has 3 unspecified atom stereocenters. The summed E-state index contributed by atoms with van der Waals surface area (Å²) >= 11 is 0. The van der Waals surface area contributed by atoms with Crippen LogP contribution in [0.2, 0.25) is 0 Å². The molecule has 8 heteroatoms. The highest BCUT2D eigenvalue weighted by Crippen LogP contribution is 2.31. The Morgan fingerprint density at radius 3 is 2.62 bits per heavy atom. The van der Waals surface area contributed by atoms with Crippen LogP contribution >= 0.6 is 0 Å². The Morgan fingerprint density at radius 1 is 1.12 bits per heavy atom. The van der Waals surface area contributed by atoms with Gasteiger partial charge in [0.25, 0.3) is 0 Å². The fourth-order valence-corrected chi connectivity index (χ4v) is 5.44. The van der Waals surface area contributed by atoms with E-state index in [-0.39, 0.29) is 11.9 Å². The molecule has 32 heavy (non-hydrogen) atoms. The van der Waals surface area contributed by atoms with Crippen LogP contribution in [-0.4, -0.2) is 84.8 Å². The lowest BCUT2D eigenvalue weighted by Crippen LogP contribution is -2.39. The van der Waals surface area contributed by atoms with Gasteiger partial charge in [0.15, 0.2) is 0 Å². The maximum absolute atomic E-state index is 12.4. The second-order valence-corrected chi connectivity index (χ2v) is 9.58. The lowest BCUT2D eigenvalue weighted by molar-refractivity contribution is -0.130. The van der Waals surface area contributed by atoms with Crippen molar-refractivity contribution in [3.05, 3.63) is 23.8 Å². The first-order valence-electron chi connectivity index (χ1n) is 11.9. The average molecular weight is 444 g/mol. The average Bonchev–Trinajstić information content (AvgIpc) is 3.48. The lowest BCUT2D eigenvalue weighted by atomic mass is 10.1. The number of nitrogens with zero attached hydrogens (tertiary/aromatic N) is 4. The van der Waals surface area contributed by atoms with E-state index in [2.05, 4.69) is 35.0 Å². The quantitative estimate of drug-likeness (QED) is 0.754. The number of carbonyl (C=O) groups is 2. The first-order chi connectivity index (χ1) is 15.3. The van der Waals surface area contributed by atoms with Gasteiger partial charge in [0, 0.05) is 63.1 Å². The minimum atomic E-state index is -0.493. The molecular weight excluding hydrogens is 406 g/mol. The summed E-state index contributed by atoms with van der Waals surface area (Å²) in [5, 5.41) is 4.47. The summed E-state index contributed by atoms with van der Waals surface area (Å²) < 4.78 is 0. The second kappa shape index (κ2) is 9.67. The fourth-order valence-electron chi connectivity index (χ4n) is 5.44. The van der Waals surface area contributed by atoms with Crippen molar-refractivity contribution in [2.45, 2.75) is 64.6 Å². The molecular formula is C24H37N5O3. The molecule has 0 saturated carbocycles. The number of rotatable bonds is 5. The maximum Gasteiger partial charge on any atom is 0.430 e. The van der Waals surface area contributed by atoms with Gasteiger partial charge in [-0.3, -0.25) is 15.0 Å². The van der Waals surface area contributed by atoms with Crippen LogP contribution in [0, 0.1) is 6.92 Å². The number of amides is 2. The number of benzene rings is 1. The van der Waals surface area contributed by atoms with Gasteiger partial charge in [0.05, 0.1) is 6.54 Å². The minimum absolute atomic E-state index is 0.0242. The smallest absolute Gasteiger partial charge is 0.370 e. The SMILES string of the molecule is CC(=O)N(C)C1CCN(OC(=O)Nc2ccc(N3CCC(N4CCCC4C)C3)c(C)c2)C1. The van der Waals surface area contributed by atoms with Crippen molar-refractivity contribution < 1.29 is 14.4 Å². The molecule has 0 bridgehead atoms. The van der Waals surface area contributed by atoms with Gasteiger partial charge in [-0.2, -0.15) is 0 Å². The molecule has 0 aliphatic carbocycles. The molecule has 3 aliphatic rings. The van der Waals surface area contributed by atoms with E-state index in [9.17, 15) is 9.59 Å². The van der Waals surface area contributed by atoms with Crippen LogP contribution in [0.5, 0.6) is 0 Å². The fraction of sp³-hybridized carbons (Fsp3) is 0.667. The van der Waals surface area contributed by atoms with Crippen molar-refractivity contribution >= 4 is 23.4 Å². The van der Waals surface area contributed by atoms with Crippen molar-refractivity contribution in [3.8, 4) is 0 Å². The molecule has 1 aromatic rings. The third-order valence-corrected chi connectivity index (χ3v) is 7.40. The predicted octanol–water partition coefficient (Wildman–Crippen LogP) is 3.07. The minimum Gasteiger partial charge on any atom is -0.370 e. The third-order valence-electron chi connectivity index (χ3n) is 7.40. The molecule has 3 heterocycles. The Labute approximate surface area is 191 Å². The van der Waals surface area contributed by atoms with Gasteiger partial charge >= 0.3 is 6.09 Å². The van der Waals surface area contributed by atoms with Gasteiger partial charge in [-0.05, 0) is 69.8 Å². The standard InChI is InChI=1S/C24H37N5O3/c1-17-14-20(25-24(31)32-28-13-10-21(16-28)26(4)19(3)30)7-8-23(17)27-12-9-22(15-27)29-11-5-6-18(29)2/h7-8,14,18,21-22H,5-6,9-13,15-16H2,1-4H3,(H,25,31). The van der Waals surface area contributed by atoms with Crippen LogP contribution in [0.15, 0.2) is 18.2 Å². The van der Waals surface area contributed by atoms with E-state index in [4.69, 9.17) is 4.84 Å². The van der Waals surface area contributed by atoms with Gasteiger partial charge < -0.3 is 14.6 Å². The van der Waals surface area contributed by atoms with E-state index in [0.717, 1.165) is 30.8 Å². The normalized spacial score (nSPS) is 26.5. The van der Waals surface area contributed by atoms with Gasteiger partial charge in [0.2, 0.25) is 5.91 Å². The number of carbonyl (C=O) groups excluding carboxylic acids is 2. The van der Waals surface area contributed by atoms with Gasteiger partial charge in [-0.1, -0.05) is 0 Å². The first kappa shape index (κ1) is 22.9. The monoisotopic (exact) mass is 443 g/mol. The van der Waals surface area contributed by atoms with Crippen molar-refractivity contribution in [2.24, 2.45) is 0 Å². The summed E-state index contributed by atoms with van der Waals surface area (Å²) in [5.74, 6) is 0.0242. The zero-order valence-corrected chi connectivity index (χ0v) is 19.8. The number of hydroxylamine groups is 2. The molecule has 8 nitrogen and oxygen atoms in total. The maximum atomic E-state index is 12.4. The van der Waals surface area contributed by atoms with E-state index in [1.54, 1.807) is 23.9 Å². The summed E-state index contributed by atoms with van der Waals surface area (Å²) in [6.45, 7) is 10.5. The van der Waals surface area contributed by atoms with E-state index < -0.39 is 6.09 Å². The van der Waals surface area contributed by atoms with Gasteiger partial charge in [0.1, 0.15) is 0 Å². The van der Waals surface area contributed by atoms with E-state index in [1.165, 1.54) is 31.5 Å². The van der Waals surface area contributed by atoms with Crippen LogP contribution in [0.25, 0.3) is 0 Å². The van der Waals surface area contributed by atoms with Crippen LogP contribution in [0.4, 0.5) is 16.2 Å². The Bertz CT molecular complexity index is 847. The highest BCUT2D eigenvalue weighted by molar-refractivity contribution is 5.85. The van der Waals surface area contributed by atoms with Gasteiger partial charge in [-0.25, -0.2) is 4.79 Å². The highest BCUT2D eigenvalue weighted by atomic mass is 16.7. The van der Waals surface area contributed by atoms with E-state index in [0.29, 0.717) is 25.2 Å². The number of hydrogen-bond acceptors (Lipinski definition) is 6. The number of likely N-dealkylation sites (tertiary alicyclic amines) is 1. The Hall–Kier alpha value is -2.32. The van der Waals surface area contributed by atoms with Crippen molar-refractivity contribution in [3.63, 3.8) is 0 Å². The number of anilines is 2. The van der Waals surface area contributed by atoms with Crippen LogP contribution in [-0.2, 0) is 9.63 Å². The predicted molar refractivity (Wildman–Crippen MR) is 126 cm³/mol. The Balaban J connectivity index is 1.29. The van der Waals surface area contributed by atoms with Gasteiger partial charge in [-0.15, -0.1) is 5.06 Å². The largest absolute Gasteiger partial charge is 0.430 e. The summed E-state index contributed by atoms with van der Waals surface area (Å²) in [5.41, 5.74) is 3.13. The summed E-state index contributed by atoms with van der Waals surface area (Å²) in [6.07, 6.45) is 4.15. The van der Waals surface area contributed by atoms with Crippen LogP contribution < -0.4 is 10.2 Å². The number of aryl methyl sites for hydroxylation is 1. The molecule has 3 atom stereocenters. The molecule has 2 amide bonds. The van der Waals surface area contributed by atoms with E-state index >= 15 is 0 Å². The Kier molecular flexibility index (Phi) is 6.90. The molecule has 4 rings (SSSR count). The molecule has 3 saturated heterocycles. The highest BCUT2D eigenvalue weighted by Gasteiger charge is 2.33. The lowest BCUT2D eigenvalue weighted by Gasteiger charge is -2.29. The molecule has 1 aromatic carbocycles. The Morgan fingerprint density at radius 2 is 1.94 bits per heavy atom. The van der Waals surface area contributed by atoms with Crippen LogP contribution in [0.3, 0.4) is 0 Å². The molecule has 1 N–H and O–H groups in total. The number of likely N-dealkylation sites (N-methyl/N-ethyl adjacent to an activating group) is 1. The first-order valence-corrected chi connectivity index (χ1v) is 11.9. The molecule has 0 aromatic heterocycles. The molecule has 0 spiro atoms. The number of hydrogen-bond donors (Lipinski definition) is 1. The molecule has 0 radical (unpaired) electrons. The summed E-state index contributed by atoms with van der Waals surface area (Å²) in [4.78, 5) is 36.2. The second-order valence-electron chi connectivity index (χ2n) is 9.58.